The summed E-state index contributed by atoms with van der Waals surface area (Å²) in [5, 5.41) is 4.64. The second-order valence-electron chi connectivity index (χ2n) is 6.32. The molecule has 3 rings (SSSR count). The highest BCUT2D eigenvalue weighted by atomic mass is 32.2. The largest absolute Gasteiger partial charge is 0.378 e. The highest BCUT2D eigenvalue weighted by molar-refractivity contribution is 7.86. The molecule has 0 bridgehead atoms. The van der Waals surface area contributed by atoms with Gasteiger partial charge in [-0.1, -0.05) is 18.2 Å². The quantitative estimate of drug-likeness (QED) is 0.828. The minimum atomic E-state index is -3.54. The molecule has 2 heterocycles. The van der Waals surface area contributed by atoms with Crippen LogP contribution in [0.25, 0.3) is 5.69 Å². The predicted octanol–water partition coefficient (Wildman–Crippen LogP) is 1.67. The van der Waals surface area contributed by atoms with Crippen LogP contribution in [0.15, 0.2) is 30.3 Å². The molecular weight excluding hydrogens is 340 g/mol. The number of morpholine rings is 1. The van der Waals surface area contributed by atoms with Gasteiger partial charge in [0.25, 0.3) is 10.2 Å². The minimum Gasteiger partial charge on any atom is -0.378 e. The Labute approximate surface area is 149 Å². The lowest BCUT2D eigenvalue weighted by Crippen LogP contribution is -2.48. The number of hydrogen-bond donors (Lipinski definition) is 0. The zero-order valence-corrected chi connectivity index (χ0v) is 15.8. The smallest absolute Gasteiger partial charge is 0.282 e. The number of benzene rings is 1. The molecule has 1 fully saturated rings. The Hall–Kier alpha value is -1.74. The summed E-state index contributed by atoms with van der Waals surface area (Å²) in [5.74, 6) is 0. The minimum absolute atomic E-state index is 0.329. The molecule has 0 aliphatic carbocycles. The van der Waals surface area contributed by atoms with Gasteiger partial charge < -0.3 is 4.74 Å². The molecule has 1 aromatic carbocycles. The van der Waals surface area contributed by atoms with Crippen LogP contribution in [0.3, 0.4) is 0 Å². The van der Waals surface area contributed by atoms with E-state index >= 15 is 0 Å². The lowest BCUT2D eigenvalue weighted by molar-refractivity contribution is 0.0295. The van der Waals surface area contributed by atoms with E-state index in [9.17, 15) is 8.42 Å². The maximum atomic E-state index is 12.7. The first-order valence-corrected chi connectivity index (χ1v) is 9.62. The van der Waals surface area contributed by atoms with Crippen molar-refractivity contribution in [3.05, 3.63) is 47.3 Å². The zero-order chi connectivity index (χ0) is 18.2. The van der Waals surface area contributed by atoms with Gasteiger partial charge in [-0.2, -0.15) is 22.1 Å². The normalized spacial score (nSPS) is 19.5. The molecule has 8 heteroatoms. The summed E-state index contributed by atoms with van der Waals surface area (Å²) in [6.07, 6.45) is 0. The van der Waals surface area contributed by atoms with E-state index in [0.717, 1.165) is 22.6 Å². The lowest BCUT2D eigenvalue weighted by Gasteiger charge is -2.36. The van der Waals surface area contributed by atoms with E-state index in [0.29, 0.717) is 19.8 Å². The van der Waals surface area contributed by atoms with Gasteiger partial charge in [0, 0.05) is 31.9 Å². The fourth-order valence-electron chi connectivity index (χ4n) is 3.26. The van der Waals surface area contributed by atoms with E-state index in [1.165, 1.54) is 8.61 Å². The molecule has 1 saturated heterocycles. The molecule has 136 valence electrons. The van der Waals surface area contributed by atoms with E-state index in [1.807, 2.05) is 48.9 Å². The first-order chi connectivity index (χ1) is 11.8. The lowest BCUT2D eigenvalue weighted by atomic mass is 10.0. The van der Waals surface area contributed by atoms with Crippen LogP contribution in [0.1, 0.15) is 23.0 Å². The van der Waals surface area contributed by atoms with Crippen LogP contribution in [0.2, 0.25) is 0 Å². The van der Waals surface area contributed by atoms with Crippen LogP contribution in [0.4, 0.5) is 0 Å². The highest BCUT2D eigenvalue weighted by Crippen LogP contribution is 2.32. The van der Waals surface area contributed by atoms with Crippen LogP contribution >= 0.6 is 0 Å². The second-order valence-corrected chi connectivity index (χ2v) is 8.42. The molecule has 0 amide bonds. The van der Waals surface area contributed by atoms with Crippen molar-refractivity contribution >= 4 is 10.2 Å². The Morgan fingerprint density at radius 2 is 1.88 bits per heavy atom. The van der Waals surface area contributed by atoms with Gasteiger partial charge >= 0.3 is 0 Å². The van der Waals surface area contributed by atoms with Crippen LogP contribution < -0.4 is 0 Å². The Morgan fingerprint density at radius 1 is 1.20 bits per heavy atom. The molecule has 1 aliphatic heterocycles. The first kappa shape index (κ1) is 18.1. The monoisotopic (exact) mass is 364 g/mol. The maximum Gasteiger partial charge on any atom is 0.282 e. The van der Waals surface area contributed by atoms with Crippen molar-refractivity contribution in [3.63, 3.8) is 0 Å². The van der Waals surface area contributed by atoms with Crippen molar-refractivity contribution in [2.24, 2.45) is 0 Å². The Bertz CT molecular complexity index is 846. The van der Waals surface area contributed by atoms with Crippen LogP contribution in [-0.4, -0.2) is 60.7 Å². The summed E-state index contributed by atoms with van der Waals surface area (Å²) in [7, 11) is -0.435. The van der Waals surface area contributed by atoms with Gasteiger partial charge in [-0.05, 0) is 26.0 Å². The van der Waals surface area contributed by atoms with E-state index in [4.69, 9.17) is 4.74 Å². The molecule has 1 atom stereocenters. The van der Waals surface area contributed by atoms with Gasteiger partial charge in [-0.25, -0.2) is 4.68 Å². The number of ether oxygens (including phenoxy) is 1. The molecule has 7 nitrogen and oxygen atoms in total. The third-order valence-corrected chi connectivity index (χ3v) is 6.47. The Kier molecular flexibility index (Phi) is 4.97. The molecule has 1 unspecified atom stereocenters. The van der Waals surface area contributed by atoms with Crippen LogP contribution in [0, 0.1) is 13.8 Å². The zero-order valence-electron chi connectivity index (χ0n) is 15.0. The molecule has 25 heavy (non-hydrogen) atoms. The molecule has 1 aromatic heterocycles. The SMILES string of the molecule is Cc1nn(-c2ccccc2)c(C)c1C1COCCN1S(=O)(=O)N(C)C. The van der Waals surface area contributed by atoms with Crippen molar-refractivity contribution < 1.29 is 13.2 Å². The molecule has 1 aliphatic rings. The van der Waals surface area contributed by atoms with Crippen molar-refractivity contribution in [1.29, 1.82) is 0 Å². The second kappa shape index (κ2) is 6.87. The number of aromatic nitrogens is 2. The predicted molar refractivity (Wildman–Crippen MR) is 95.9 cm³/mol. The van der Waals surface area contributed by atoms with Gasteiger partial charge in [0.1, 0.15) is 0 Å². The first-order valence-electron chi connectivity index (χ1n) is 8.22. The molecular formula is C17H24N4O3S. The molecule has 0 radical (unpaired) electrons. The summed E-state index contributed by atoms with van der Waals surface area (Å²) < 4.78 is 35.7. The van der Waals surface area contributed by atoms with Gasteiger partial charge in [-0.15, -0.1) is 0 Å². The number of aryl methyl sites for hydroxylation is 1. The molecule has 2 aromatic rings. The average Bonchev–Trinajstić information content (AvgIpc) is 2.90. The van der Waals surface area contributed by atoms with Crippen LogP contribution in [-0.2, 0) is 14.9 Å². The van der Waals surface area contributed by atoms with E-state index < -0.39 is 10.2 Å². The molecule has 0 saturated carbocycles. The van der Waals surface area contributed by atoms with E-state index in [1.54, 1.807) is 14.1 Å². The van der Waals surface area contributed by atoms with Crippen molar-refractivity contribution in [1.82, 2.24) is 18.4 Å². The summed E-state index contributed by atoms with van der Waals surface area (Å²) in [5.41, 5.74) is 3.61. The Balaban J connectivity index is 2.07. The number of hydrogen-bond acceptors (Lipinski definition) is 4. The summed E-state index contributed by atoms with van der Waals surface area (Å²) in [6, 6.07) is 9.45. The number of para-hydroxylation sites is 1. The standard InChI is InChI=1S/C17H24N4O3S/c1-13-17(14(2)21(18-13)15-8-6-5-7-9-15)16-12-24-11-10-20(16)25(22,23)19(3)4/h5-9,16H,10-12H2,1-4H3. The summed E-state index contributed by atoms with van der Waals surface area (Å²) in [6.45, 7) is 4.94. The third kappa shape index (κ3) is 3.22. The molecule has 0 spiro atoms. The van der Waals surface area contributed by atoms with Crippen molar-refractivity contribution in [3.8, 4) is 5.69 Å². The molecule has 0 N–H and O–H groups in total. The average molecular weight is 364 g/mol. The van der Waals surface area contributed by atoms with E-state index in [-0.39, 0.29) is 6.04 Å². The third-order valence-electron chi connectivity index (χ3n) is 4.52. The van der Waals surface area contributed by atoms with Crippen molar-refractivity contribution in [2.45, 2.75) is 19.9 Å². The van der Waals surface area contributed by atoms with Gasteiger partial charge in [0.2, 0.25) is 0 Å². The van der Waals surface area contributed by atoms with Gasteiger partial charge in [0.15, 0.2) is 0 Å². The van der Waals surface area contributed by atoms with Gasteiger partial charge in [-0.3, -0.25) is 0 Å². The fourth-order valence-corrected chi connectivity index (χ4v) is 4.47. The highest BCUT2D eigenvalue weighted by Gasteiger charge is 2.38. The van der Waals surface area contributed by atoms with E-state index in [2.05, 4.69) is 5.10 Å². The number of nitrogens with zero attached hydrogens (tertiary/aromatic N) is 4. The summed E-state index contributed by atoms with van der Waals surface area (Å²) in [4.78, 5) is 0. The number of rotatable bonds is 4. The van der Waals surface area contributed by atoms with Crippen LogP contribution in [0.5, 0.6) is 0 Å². The van der Waals surface area contributed by atoms with Crippen molar-refractivity contribution in [2.75, 3.05) is 33.9 Å². The fraction of sp³-hybridized carbons (Fsp3) is 0.471. The Morgan fingerprint density at radius 3 is 2.52 bits per heavy atom. The maximum absolute atomic E-state index is 12.7. The summed E-state index contributed by atoms with van der Waals surface area (Å²) >= 11 is 0. The topological polar surface area (TPSA) is 67.7 Å². The van der Waals surface area contributed by atoms with Gasteiger partial charge in [0.05, 0.1) is 30.6 Å².